The van der Waals surface area contributed by atoms with Crippen molar-refractivity contribution in [2.45, 2.75) is 135 Å². The maximum Gasteiger partial charge on any atom is 0.408 e. The molecular formula is C51H80N12O15. The zero-order valence-corrected chi connectivity index (χ0v) is 46.1. The molecule has 2 saturated heterocycles. The summed E-state index contributed by atoms with van der Waals surface area (Å²) in [6, 6.07) is 1.16. The number of nitrogens with one attached hydrogen (secondary N) is 7. The van der Waals surface area contributed by atoms with Gasteiger partial charge in [-0.3, -0.25) is 43.2 Å². The highest BCUT2D eigenvalue weighted by Gasteiger charge is 2.39. The number of nitrogens with two attached hydrogens (primary N) is 1. The molecule has 0 unspecified atom stereocenters. The van der Waals surface area contributed by atoms with Crippen LogP contribution in [0.1, 0.15) is 92.6 Å². The number of piperidine rings is 2. The van der Waals surface area contributed by atoms with E-state index in [-0.39, 0.29) is 45.6 Å². The number of ether oxygens (including phenoxy) is 2. The van der Waals surface area contributed by atoms with Crippen LogP contribution >= 0.6 is 0 Å². The lowest BCUT2D eigenvalue weighted by molar-refractivity contribution is -0.153. The zero-order valence-electron chi connectivity index (χ0n) is 46.1. The fourth-order valence-electron chi connectivity index (χ4n) is 8.39. The predicted octanol–water partition coefficient (Wildman–Crippen LogP) is -1.47. The Hall–Kier alpha value is -7.58. The van der Waals surface area contributed by atoms with Crippen molar-refractivity contribution in [1.82, 2.24) is 56.8 Å². The van der Waals surface area contributed by atoms with E-state index in [0.29, 0.717) is 31.2 Å². The molecule has 0 radical (unpaired) electrons. The van der Waals surface area contributed by atoms with Gasteiger partial charge in [0.25, 0.3) is 0 Å². The Kier molecular flexibility index (Phi) is 25.7. The van der Waals surface area contributed by atoms with E-state index in [2.05, 4.69) is 37.2 Å². The molecule has 0 aliphatic carbocycles. The molecule has 3 rings (SSSR count). The van der Waals surface area contributed by atoms with Crippen LogP contribution in [-0.2, 0) is 64.0 Å². The van der Waals surface area contributed by atoms with Crippen molar-refractivity contribution >= 4 is 71.3 Å². The second-order valence-corrected chi connectivity index (χ2v) is 20.9. The van der Waals surface area contributed by atoms with Gasteiger partial charge in [0.15, 0.2) is 0 Å². The number of alkyl carbamates (subject to hydrolysis) is 2. The van der Waals surface area contributed by atoms with Crippen molar-refractivity contribution in [3.05, 3.63) is 35.9 Å². The third kappa shape index (κ3) is 21.1. The first-order valence-electron chi connectivity index (χ1n) is 26.0. The smallest absolute Gasteiger partial charge is 0.408 e. The lowest BCUT2D eigenvalue weighted by Gasteiger charge is -2.37. The van der Waals surface area contributed by atoms with E-state index >= 15 is 0 Å². The van der Waals surface area contributed by atoms with E-state index < -0.39 is 151 Å². The minimum atomic E-state index is -1.47. The summed E-state index contributed by atoms with van der Waals surface area (Å²) >= 11 is 0. The van der Waals surface area contributed by atoms with Crippen molar-refractivity contribution in [2.75, 3.05) is 66.5 Å². The number of carboxylic acids is 1. The monoisotopic (exact) mass is 1100 g/mol. The first-order chi connectivity index (χ1) is 36.6. The number of hydrogen-bond acceptors (Lipinski definition) is 15. The van der Waals surface area contributed by atoms with Gasteiger partial charge < -0.3 is 77.1 Å². The Morgan fingerprint density at radius 3 is 1.58 bits per heavy atom. The molecule has 78 heavy (non-hydrogen) atoms. The molecule has 10 N–H and O–H groups in total. The quantitative estimate of drug-likeness (QED) is 0.0540. The Morgan fingerprint density at radius 1 is 0.654 bits per heavy atom. The van der Waals surface area contributed by atoms with Crippen LogP contribution in [0, 0.1) is 11.8 Å². The number of benzene rings is 1. The van der Waals surface area contributed by atoms with Crippen LogP contribution in [0.2, 0.25) is 0 Å². The normalized spacial score (nSPS) is 16.9. The van der Waals surface area contributed by atoms with Crippen LogP contribution in [0.25, 0.3) is 0 Å². The molecule has 0 saturated carbocycles. The lowest BCUT2D eigenvalue weighted by atomic mass is 9.99. The van der Waals surface area contributed by atoms with Gasteiger partial charge in [0, 0.05) is 40.3 Å². The molecule has 2 aliphatic rings. The summed E-state index contributed by atoms with van der Waals surface area (Å²) in [5.74, 6) is -8.57. The summed E-state index contributed by atoms with van der Waals surface area (Å²) in [7, 11) is 2.66. The van der Waals surface area contributed by atoms with Gasteiger partial charge in [0.05, 0.1) is 26.2 Å². The van der Waals surface area contributed by atoms with Gasteiger partial charge >= 0.3 is 18.2 Å². The molecule has 2 heterocycles. The van der Waals surface area contributed by atoms with Gasteiger partial charge in [-0.15, -0.1) is 0 Å². The van der Waals surface area contributed by atoms with Gasteiger partial charge in [-0.05, 0) is 76.7 Å². The number of rotatable bonds is 25. The standard InChI is InChI=1S/C51H80N12O15/c1-30(2)41(58-37(64)27-60(8)39(66)23-52)45(70)54-25-34(57-50(76)78-51(5,6)7)46(71)62-21-15-13-19-35(62)43(68)55-26-40(67)61(9)28-38(65)59-42(31(3)4)44(69)53-24-33(47(72)63-22-16-14-20-36(63)48(73)74)56-49(75)77-29-32-17-11-10-12-18-32/h10-12,17-18,30-31,33-36,41-42H,13-16,19-29,52H2,1-9H3,(H,53,69)(H,54,70)(H,55,68)(H,56,75)(H,57,76)(H,58,64)(H,59,65)(H,73,74)/t33-,34-,35+,36+,41+,42+/m1/s1. The average molecular weight is 1100 g/mol. The first-order valence-corrected chi connectivity index (χ1v) is 26.0. The van der Waals surface area contributed by atoms with Crippen LogP contribution in [-0.4, -0.2) is 204 Å². The van der Waals surface area contributed by atoms with Crippen LogP contribution in [0.5, 0.6) is 0 Å². The average Bonchev–Trinajstić information content (AvgIpc) is 3.39. The summed E-state index contributed by atoms with van der Waals surface area (Å²) in [5, 5.41) is 27.6. The predicted molar refractivity (Wildman–Crippen MR) is 280 cm³/mol. The molecule has 434 valence electrons. The Morgan fingerprint density at radius 2 is 1.12 bits per heavy atom. The molecular weight excluding hydrogens is 1020 g/mol. The van der Waals surface area contributed by atoms with Crippen LogP contribution in [0.15, 0.2) is 30.3 Å². The van der Waals surface area contributed by atoms with Gasteiger partial charge in [-0.1, -0.05) is 58.0 Å². The van der Waals surface area contributed by atoms with E-state index in [1.807, 2.05) is 0 Å². The SMILES string of the molecule is CC(C)[C@H](NC(=O)CN(C)C(=O)CN)C(=O)NC[C@@H](NC(=O)OC(C)(C)C)C(=O)N1CCCC[C@H]1C(=O)NCC(=O)N(C)CC(=O)N[C@H](C(=O)NC[C@@H](NC(=O)OCc1ccccc1)C(=O)N1CCCC[C@H]1C(=O)O)C(C)C. The third-order valence-corrected chi connectivity index (χ3v) is 12.6. The number of nitrogens with zero attached hydrogens (tertiary/aromatic N) is 4. The Labute approximate surface area is 454 Å². The molecule has 1 aromatic rings. The third-order valence-electron chi connectivity index (χ3n) is 12.6. The number of likely N-dealkylation sites (tertiary alicyclic amines) is 2. The maximum absolute atomic E-state index is 14.3. The number of carbonyl (C=O) groups excluding carboxylic acids is 11. The molecule has 2 aliphatic heterocycles. The van der Waals surface area contributed by atoms with Crippen molar-refractivity contribution in [2.24, 2.45) is 17.6 Å². The van der Waals surface area contributed by atoms with E-state index in [0.717, 1.165) is 14.7 Å². The molecule has 0 bridgehead atoms. The lowest BCUT2D eigenvalue weighted by Crippen LogP contribution is -2.61. The van der Waals surface area contributed by atoms with E-state index in [1.54, 1.807) is 78.8 Å². The fourth-order valence-corrected chi connectivity index (χ4v) is 8.39. The van der Waals surface area contributed by atoms with Crippen molar-refractivity contribution in [1.29, 1.82) is 0 Å². The molecule has 0 aromatic heterocycles. The largest absolute Gasteiger partial charge is 0.480 e. The number of aliphatic carboxylic acids is 1. The molecule has 27 heteroatoms. The number of carboxylic acid groups (broad SMARTS) is 1. The number of carbonyl (C=O) groups is 12. The Bertz CT molecular complexity index is 2300. The van der Waals surface area contributed by atoms with Crippen LogP contribution < -0.4 is 43.0 Å². The summed E-state index contributed by atoms with van der Waals surface area (Å²) in [4.78, 5) is 163. The minimum Gasteiger partial charge on any atom is -0.480 e. The van der Waals surface area contributed by atoms with Gasteiger partial charge in [0.1, 0.15) is 48.5 Å². The molecule has 6 atom stereocenters. The van der Waals surface area contributed by atoms with Crippen molar-refractivity contribution in [3.63, 3.8) is 0 Å². The Balaban J connectivity index is 1.66. The van der Waals surface area contributed by atoms with Crippen LogP contribution in [0.4, 0.5) is 9.59 Å². The summed E-state index contributed by atoms with van der Waals surface area (Å²) in [6.07, 6.45) is 0.445. The van der Waals surface area contributed by atoms with Crippen molar-refractivity contribution in [3.8, 4) is 0 Å². The molecule has 2 fully saturated rings. The van der Waals surface area contributed by atoms with E-state index in [4.69, 9.17) is 15.2 Å². The minimum absolute atomic E-state index is 0.0636. The molecule has 27 nitrogen and oxygen atoms in total. The molecule has 11 amide bonds. The number of hydrogen-bond donors (Lipinski definition) is 9. The van der Waals surface area contributed by atoms with Crippen molar-refractivity contribution < 1.29 is 72.1 Å². The van der Waals surface area contributed by atoms with Gasteiger partial charge in [-0.2, -0.15) is 0 Å². The first kappa shape index (κ1) is 64.7. The summed E-state index contributed by atoms with van der Waals surface area (Å²) < 4.78 is 10.7. The van der Waals surface area contributed by atoms with E-state index in [1.165, 1.54) is 19.0 Å². The number of likely N-dealkylation sites (N-methyl/N-ethyl adjacent to an activating group) is 2. The second kappa shape index (κ2) is 31.0. The van der Waals surface area contributed by atoms with Gasteiger partial charge in [-0.25, -0.2) is 14.4 Å². The highest BCUT2D eigenvalue weighted by Crippen LogP contribution is 2.20. The summed E-state index contributed by atoms with van der Waals surface area (Å²) in [6.45, 7) is 8.56. The fraction of sp³-hybridized carbons (Fsp3) is 0.647. The number of amides is 11. The zero-order chi connectivity index (χ0) is 58.4. The topological polar surface area (TPSA) is 367 Å². The molecule has 1 aromatic carbocycles. The second-order valence-electron chi connectivity index (χ2n) is 20.9. The van der Waals surface area contributed by atoms with Gasteiger partial charge in [0.2, 0.25) is 53.2 Å². The highest BCUT2D eigenvalue weighted by atomic mass is 16.6. The maximum atomic E-state index is 14.3. The summed E-state index contributed by atoms with van der Waals surface area (Å²) in [5.41, 5.74) is 5.06. The highest BCUT2D eigenvalue weighted by molar-refractivity contribution is 5.96. The van der Waals surface area contributed by atoms with Crippen LogP contribution in [0.3, 0.4) is 0 Å². The van der Waals surface area contributed by atoms with E-state index in [9.17, 15) is 62.6 Å². The molecule has 0 spiro atoms.